The van der Waals surface area contributed by atoms with Crippen LogP contribution in [0.5, 0.6) is 0 Å². The standard InChI is InChI=1S/C17H36N2O/c1-5-8-9-10-11-12-13-14-16(4)18-17(20)15-19(6-2)7-3/h16H,5-15H2,1-4H3,(H,18,20)/t16-/m1/s1. The van der Waals surface area contributed by atoms with E-state index >= 15 is 0 Å². The van der Waals surface area contributed by atoms with E-state index in [0.717, 1.165) is 19.5 Å². The van der Waals surface area contributed by atoms with Crippen molar-refractivity contribution in [1.29, 1.82) is 0 Å². The fraction of sp³-hybridized carbons (Fsp3) is 0.941. The van der Waals surface area contributed by atoms with Crippen LogP contribution < -0.4 is 5.32 Å². The zero-order valence-electron chi connectivity index (χ0n) is 14.2. The number of amides is 1. The summed E-state index contributed by atoms with van der Waals surface area (Å²) >= 11 is 0. The fourth-order valence-corrected chi connectivity index (χ4v) is 2.45. The molecule has 1 amide bonds. The molecule has 0 aromatic rings. The van der Waals surface area contributed by atoms with Crippen LogP contribution in [0.1, 0.15) is 79.1 Å². The Morgan fingerprint density at radius 2 is 1.50 bits per heavy atom. The van der Waals surface area contributed by atoms with Crippen LogP contribution in [-0.2, 0) is 4.79 Å². The minimum absolute atomic E-state index is 0.171. The van der Waals surface area contributed by atoms with Crippen LogP contribution in [-0.4, -0.2) is 36.5 Å². The molecule has 0 bridgehead atoms. The van der Waals surface area contributed by atoms with Crippen LogP contribution in [0.3, 0.4) is 0 Å². The highest BCUT2D eigenvalue weighted by atomic mass is 16.2. The van der Waals surface area contributed by atoms with Crippen molar-refractivity contribution in [1.82, 2.24) is 10.2 Å². The Morgan fingerprint density at radius 3 is 2.05 bits per heavy atom. The maximum atomic E-state index is 11.8. The molecule has 3 nitrogen and oxygen atoms in total. The van der Waals surface area contributed by atoms with Gasteiger partial charge >= 0.3 is 0 Å². The number of likely N-dealkylation sites (N-methyl/N-ethyl adjacent to an activating group) is 1. The Labute approximate surface area is 126 Å². The van der Waals surface area contributed by atoms with E-state index in [-0.39, 0.29) is 5.91 Å². The van der Waals surface area contributed by atoms with E-state index in [4.69, 9.17) is 0 Å². The Kier molecular flexibility index (Phi) is 13.0. The number of carbonyl (C=O) groups excluding carboxylic acids is 1. The first-order chi connectivity index (χ1) is 9.63. The molecule has 3 heteroatoms. The molecule has 0 unspecified atom stereocenters. The molecule has 0 aliphatic carbocycles. The number of nitrogens with zero attached hydrogens (tertiary/aromatic N) is 1. The highest BCUT2D eigenvalue weighted by Crippen LogP contribution is 2.09. The fourth-order valence-electron chi connectivity index (χ4n) is 2.45. The molecular formula is C17H36N2O. The van der Waals surface area contributed by atoms with Crippen molar-refractivity contribution < 1.29 is 4.79 Å². The van der Waals surface area contributed by atoms with Gasteiger partial charge in [-0.2, -0.15) is 0 Å². The molecule has 1 atom stereocenters. The first-order valence-electron chi connectivity index (χ1n) is 8.65. The molecule has 0 radical (unpaired) electrons. The van der Waals surface area contributed by atoms with Gasteiger partial charge in [-0.15, -0.1) is 0 Å². The third-order valence-electron chi connectivity index (χ3n) is 3.91. The van der Waals surface area contributed by atoms with Crippen LogP contribution in [0.2, 0.25) is 0 Å². The van der Waals surface area contributed by atoms with Crippen molar-refractivity contribution >= 4 is 5.91 Å². The van der Waals surface area contributed by atoms with Gasteiger partial charge in [0.15, 0.2) is 0 Å². The van der Waals surface area contributed by atoms with Gasteiger partial charge in [0.25, 0.3) is 0 Å². The van der Waals surface area contributed by atoms with E-state index in [2.05, 4.69) is 37.9 Å². The first-order valence-corrected chi connectivity index (χ1v) is 8.65. The van der Waals surface area contributed by atoms with Gasteiger partial charge in [-0.3, -0.25) is 9.69 Å². The number of unbranched alkanes of at least 4 members (excludes halogenated alkanes) is 6. The third-order valence-corrected chi connectivity index (χ3v) is 3.91. The molecule has 0 aromatic heterocycles. The summed E-state index contributed by atoms with van der Waals surface area (Å²) < 4.78 is 0. The lowest BCUT2D eigenvalue weighted by Crippen LogP contribution is -2.40. The zero-order chi connectivity index (χ0) is 15.2. The molecule has 0 rings (SSSR count). The number of rotatable bonds is 13. The average molecular weight is 284 g/mol. The summed E-state index contributed by atoms with van der Waals surface area (Å²) in [5, 5.41) is 3.11. The molecule has 0 aliphatic rings. The SMILES string of the molecule is CCCCCCCCC[C@@H](C)NC(=O)CN(CC)CC. The van der Waals surface area contributed by atoms with Crippen molar-refractivity contribution in [3.8, 4) is 0 Å². The van der Waals surface area contributed by atoms with Crippen LogP contribution >= 0.6 is 0 Å². The average Bonchev–Trinajstić information content (AvgIpc) is 2.43. The second-order valence-corrected chi connectivity index (χ2v) is 5.84. The summed E-state index contributed by atoms with van der Waals surface area (Å²) in [5.41, 5.74) is 0. The summed E-state index contributed by atoms with van der Waals surface area (Å²) in [6.45, 7) is 11.0. The maximum absolute atomic E-state index is 11.8. The van der Waals surface area contributed by atoms with Crippen molar-refractivity contribution in [2.24, 2.45) is 0 Å². The topological polar surface area (TPSA) is 32.3 Å². The van der Waals surface area contributed by atoms with Gasteiger partial charge in [0, 0.05) is 6.04 Å². The lowest BCUT2D eigenvalue weighted by molar-refractivity contribution is -0.122. The Bertz CT molecular complexity index is 227. The molecule has 0 aromatic carbocycles. The van der Waals surface area contributed by atoms with Crippen molar-refractivity contribution in [3.63, 3.8) is 0 Å². The molecular weight excluding hydrogens is 248 g/mol. The van der Waals surface area contributed by atoms with Crippen molar-refractivity contribution in [3.05, 3.63) is 0 Å². The van der Waals surface area contributed by atoms with Gasteiger partial charge in [-0.25, -0.2) is 0 Å². The number of hydrogen-bond acceptors (Lipinski definition) is 2. The molecule has 0 saturated heterocycles. The quantitative estimate of drug-likeness (QED) is 0.519. The summed E-state index contributed by atoms with van der Waals surface area (Å²) in [4.78, 5) is 14.0. The van der Waals surface area contributed by atoms with E-state index in [9.17, 15) is 4.79 Å². The summed E-state index contributed by atoms with van der Waals surface area (Å²) in [7, 11) is 0. The second kappa shape index (κ2) is 13.4. The predicted molar refractivity (Wildman–Crippen MR) is 88.0 cm³/mol. The lowest BCUT2D eigenvalue weighted by atomic mass is 10.1. The first kappa shape index (κ1) is 19.4. The minimum Gasteiger partial charge on any atom is -0.353 e. The number of hydrogen-bond donors (Lipinski definition) is 1. The molecule has 0 fully saturated rings. The van der Waals surface area contributed by atoms with Gasteiger partial charge in [0.2, 0.25) is 5.91 Å². The monoisotopic (exact) mass is 284 g/mol. The van der Waals surface area contributed by atoms with E-state index in [0.29, 0.717) is 12.6 Å². The van der Waals surface area contributed by atoms with E-state index in [1.54, 1.807) is 0 Å². The highest BCUT2D eigenvalue weighted by Gasteiger charge is 2.10. The van der Waals surface area contributed by atoms with Crippen molar-refractivity contribution in [2.75, 3.05) is 19.6 Å². The van der Waals surface area contributed by atoms with Crippen LogP contribution in [0.15, 0.2) is 0 Å². The lowest BCUT2D eigenvalue weighted by Gasteiger charge is -2.19. The Morgan fingerprint density at radius 1 is 0.950 bits per heavy atom. The molecule has 120 valence electrons. The van der Waals surface area contributed by atoms with Gasteiger partial charge in [0.1, 0.15) is 0 Å². The zero-order valence-corrected chi connectivity index (χ0v) is 14.2. The van der Waals surface area contributed by atoms with Gasteiger partial charge < -0.3 is 5.32 Å². The van der Waals surface area contributed by atoms with Crippen LogP contribution in [0, 0.1) is 0 Å². The molecule has 0 spiro atoms. The summed E-state index contributed by atoms with van der Waals surface area (Å²) in [6, 6.07) is 0.314. The number of carbonyl (C=O) groups is 1. The van der Waals surface area contributed by atoms with Crippen LogP contribution in [0.25, 0.3) is 0 Å². The molecule has 0 saturated carbocycles. The van der Waals surface area contributed by atoms with Crippen LogP contribution in [0.4, 0.5) is 0 Å². The minimum atomic E-state index is 0.171. The van der Waals surface area contributed by atoms with E-state index in [1.165, 1.54) is 44.9 Å². The summed E-state index contributed by atoms with van der Waals surface area (Å²) in [5.74, 6) is 0.171. The van der Waals surface area contributed by atoms with Gasteiger partial charge in [-0.1, -0.05) is 65.7 Å². The Balaban J connectivity index is 3.52. The second-order valence-electron chi connectivity index (χ2n) is 5.84. The normalized spacial score (nSPS) is 12.7. The molecule has 20 heavy (non-hydrogen) atoms. The summed E-state index contributed by atoms with van der Waals surface area (Å²) in [6.07, 6.45) is 10.4. The molecule has 0 heterocycles. The molecule has 1 N–H and O–H groups in total. The number of nitrogens with one attached hydrogen (secondary N) is 1. The highest BCUT2D eigenvalue weighted by molar-refractivity contribution is 5.78. The van der Waals surface area contributed by atoms with E-state index in [1.807, 2.05) is 0 Å². The van der Waals surface area contributed by atoms with Gasteiger partial charge in [0.05, 0.1) is 6.54 Å². The largest absolute Gasteiger partial charge is 0.353 e. The smallest absolute Gasteiger partial charge is 0.234 e. The third kappa shape index (κ3) is 11.3. The van der Waals surface area contributed by atoms with Crippen molar-refractivity contribution in [2.45, 2.75) is 85.1 Å². The molecule has 0 aliphatic heterocycles. The predicted octanol–water partition coefficient (Wildman–Crippen LogP) is 3.97. The van der Waals surface area contributed by atoms with E-state index < -0.39 is 0 Å². The Hall–Kier alpha value is -0.570. The van der Waals surface area contributed by atoms with Gasteiger partial charge in [-0.05, 0) is 26.4 Å². The maximum Gasteiger partial charge on any atom is 0.234 e.